The van der Waals surface area contributed by atoms with E-state index in [-0.39, 0.29) is 18.6 Å². The molecule has 0 radical (unpaired) electrons. The minimum atomic E-state index is -0.557. The van der Waals surface area contributed by atoms with Gasteiger partial charge in [-0.3, -0.25) is 4.79 Å². The molecule has 1 aromatic carbocycles. The molecule has 0 fully saturated rings. The number of esters is 1. The highest BCUT2D eigenvalue weighted by Gasteiger charge is 2.16. The number of amides is 1. The van der Waals surface area contributed by atoms with Gasteiger partial charge in [0, 0.05) is 6.08 Å². The van der Waals surface area contributed by atoms with Crippen molar-refractivity contribution >= 4 is 29.3 Å². The van der Waals surface area contributed by atoms with Gasteiger partial charge in [-0.15, -0.1) is 0 Å². The Morgan fingerprint density at radius 2 is 2.08 bits per heavy atom. The molecule has 1 amide bonds. The maximum absolute atomic E-state index is 12.0. The molecule has 1 aromatic heterocycles. The van der Waals surface area contributed by atoms with Crippen molar-refractivity contribution in [1.29, 1.82) is 0 Å². The molecule has 0 bridgehead atoms. The fraction of sp³-hybridized carbons (Fsp3) is 0.263. The molecule has 136 valence electrons. The maximum atomic E-state index is 12.0. The van der Waals surface area contributed by atoms with E-state index in [0.29, 0.717) is 24.7 Å². The summed E-state index contributed by atoms with van der Waals surface area (Å²) in [5.41, 5.74) is 1.80. The molecule has 1 unspecified atom stereocenters. The number of nitrogens with one attached hydrogen (secondary N) is 1. The predicted molar refractivity (Wildman–Crippen MR) is 98.3 cm³/mol. The Labute approximate surface area is 155 Å². The van der Waals surface area contributed by atoms with Crippen molar-refractivity contribution in [1.82, 2.24) is 5.32 Å². The zero-order valence-corrected chi connectivity index (χ0v) is 15.1. The third kappa shape index (κ3) is 4.86. The number of benzene rings is 1. The lowest BCUT2D eigenvalue weighted by atomic mass is 10.1. The fourth-order valence-corrected chi connectivity index (χ4v) is 3.04. The molecule has 1 atom stereocenters. The van der Waals surface area contributed by atoms with Crippen LogP contribution in [0.4, 0.5) is 0 Å². The summed E-state index contributed by atoms with van der Waals surface area (Å²) in [6.45, 7) is 2.56. The smallest absolute Gasteiger partial charge is 0.331 e. The van der Waals surface area contributed by atoms with Crippen molar-refractivity contribution in [2.24, 2.45) is 0 Å². The molecule has 0 aliphatic carbocycles. The number of carbonyl (C=O) groups is 2. The van der Waals surface area contributed by atoms with Crippen LogP contribution in [0.5, 0.6) is 11.5 Å². The molecule has 1 aliphatic rings. The van der Waals surface area contributed by atoms with Crippen LogP contribution in [0.3, 0.4) is 0 Å². The van der Waals surface area contributed by atoms with Crippen LogP contribution in [-0.2, 0) is 14.3 Å². The Kier molecular flexibility index (Phi) is 5.91. The Bertz CT molecular complexity index is 800. The summed E-state index contributed by atoms with van der Waals surface area (Å²) in [5.74, 6) is 0.438. The van der Waals surface area contributed by atoms with E-state index >= 15 is 0 Å². The van der Waals surface area contributed by atoms with Crippen LogP contribution in [-0.4, -0.2) is 31.7 Å². The molecular formula is C19H19NO5S. The molecule has 0 saturated heterocycles. The van der Waals surface area contributed by atoms with Crippen molar-refractivity contribution in [3.8, 4) is 11.5 Å². The van der Waals surface area contributed by atoms with Gasteiger partial charge in [-0.25, -0.2) is 4.79 Å². The van der Waals surface area contributed by atoms with E-state index < -0.39 is 5.97 Å². The third-order valence-corrected chi connectivity index (χ3v) is 4.45. The Balaban J connectivity index is 1.47. The highest BCUT2D eigenvalue weighted by atomic mass is 32.1. The quantitative estimate of drug-likeness (QED) is 0.622. The number of hydrogen-bond acceptors (Lipinski definition) is 6. The SMILES string of the molecule is CC(NC(=O)COC(=O)/C=C/c1ccsc1)c1ccc2c(c1)OCCO2. The van der Waals surface area contributed by atoms with Crippen molar-refractivity contribution in [2.75, 3.05) is 19.8 Å². The predicted octanol–water partition coefficient (Wildman–Crippen LogP) is 2.95. The van der Waals surface area contributed by atoms with Gasteiger partial charge < -0.3 is 19.5 Å². The summed E-state index contributed by atoms with van der Waals surface area (Å²) in [6.07, 6.45) is 2.95. The highest BCUT2D eigenvalue weighted by Crippen LogP contribution is 2.32. The van der Waals surface area contributed by atoms with Gasteiger partial charge in [0.15, 0.2) is 18.1 Å². The van der Waals surface area contributed by atoms with Crippen molar-refractivity contribution in [3.05, 3.63) is 52.2 Å². The van der Waals surface area contributed by atoms with Gasteiger partial charge in [0.1, 0.15) is 13.2 Å². The van der Waals surface area contributed by atoms with Gasteiger partial charge in [-0.1, -0.05) is 6.07 Å². The van der Waals surface area contributed by atoms with E-state index in [1.807, 2.05) is 41.9 Å². The van der Waals surface area contributed by atoms with Gasteiger partial charge in [0.25, 0.3) is 5.91 Å². The van der Waals surface area contributed by atoms with Crippen LogP contribution >= 0.6 is 11.3 Å². The van der Waals surface area contributed by atoms with E-state index in [1.165, 1.54) is 17.4 Å². The van der Waals surface area contributed by atoms with Crippen LogP contribution in [0, 0.1) is 0 Å². The average molecular weight is 373 g/mol. The molecular weight excluding hydrogens is 354 g/mol. The summed E-state index contributed by atoms with van der Waals surface area (Å²) in [6, 6.07) is 7.17. The topological polar surface area (TPSA) is 73.9 Å². The molecule has 0 saturated carbocycles. The molecule has 0 spiro atoms. The Morgan fingerprint density at radius 1 is 1.27 bits per heavy atom. The second-order valence-corrected chi connectivity index (χ2v) is 6.47. The largest absolute Gasteiger partial charge is 0.486 e. The van der Waals surface area contributed by atoms with Gasteiger partial charge >= 0.3 is 5.97 Å². The highest BCUT2D eigenvalue weighted by molar-refractivity contribution is 7.08. The number of thiophene rings is 1. The third-order valence-electron chi connectivity index (χ3n) is 3.74. The average Bonchev–Trinajstić information content (AvgIpc) is 3.18. The van der Waals surface area contributed by atoms with E-state index in [2.05, 4.69) is 5.32 Å². The van der Waals surface area contributed by atoms with Gasteiger partial charge in [0.2, 0.25) is 0 Å². The monoisotopic (exact) mass is 373 g/mol. The number of hydrogen-bond donors (Lipinski definition) is 1. The summed E-state index contributed by atoms with van der Waals surface area (Å²) >= 11 is 1.54. The van der Waals surface area contributed by atoms with E-state index in [9.17, 15) is 9.59 Å². The van der Waals surface area contributed by atoms with Crippen molar-refractivity contribution in [2.45, 2.75) is 13.0 Å². The first-order valence-electron chi connectivity index (χ1n) is 8.18. The molecule has 2 heterocycles. The normalized spacial score (nSPS) is 14.0. The Hall–Kier alpha value is -2.80. The summed E-state index contributed by atoms with van der Waals surface area (Å²) in [5, 5.41) is 6.62. The molecule has 3 rings (SSSR count). The maximum Gasteiger partial charge on any atom is 0.331 e. The molecule has 2 aromatic rings. The van der Waals surface area contributed by atoms with Crippen LogP contribution in [0.15, 0.2) is 41.1 Å². The van der Waals surface area contributed by atoms with E-state index in [1.54, 1.807) is 6.08 Å². The number of rotatable bonds is 6. The lowest BCUT2D eigenvalue weighted by Crippen LogP contribution is -2.31. The van der Waals surface area contributed by atoms with Crippen LogP contribution < -0.4 is 14.8 Å². The van der Waals surface area contributed by atoms with E-state index in [0.717, 1.165) is 11.1 Å². The lowest BCUT2D eigenvalue weighted by molar-refractivity contribution is -0.144. The first kappa shape index (κ1) is 18.0. The summed E-state index contributed by atoms with van der Waals surface area (Å²) < 4.78 is 16.0. The lowest BCUT2D eigenvalue weighted by Gasteiger charge is -2.21. The fourth-order valence-electron chi connectivity index (χ4n) is 2.41. The number of fused-ring (bicyclic) bond motifs is 1. The van der Waals surface area contributed by atoms with Crippen molar-refractivity contribution < 1.29 is 23.8 Å². The van der Waals surface area contributed by atoms with Gasteiger partial charge in [-0.05, 0) is 53.1 Å². The van der Waals surface area contributed by atoms with Crippen LogP contribution in [0.25, 0.3) is 6.08 Å². The zero-order valence-electron chi connectivity index (χ0n) is 14.3. The zero-order chi connectivity index (χ0) is 18.4. The first-order chi connectivity index (χ1) is 12.6. The standard InChI is InChI=1S/C19H19NO5S/c1-13(15-3-4-16-17(10-15)24-8-7-23-16)20-18(21)11-25-19(22)5-2-14-6-9-26-12-14/h2-6,9-10,12-13H,7-8,11H2,1H3,(H,20,21)/b5-2+. The molecule has 26 heavy (non-hydrogen) atoms. The molecule has 7 heteroatoms. The Morgan fingerprint density at radius 3 is 2.85 bits per heavy atom. The van der Waals surface area contributed by atoms with Gasteiger partial charge in [-0.2, -0.15) is 11.3 Å². The summed E-state index contributed by atoms with van der Waals surface area (Å²) in [4.78, 5) is 23.6. The molecule has 1 aliphatic heterocycles. The van der Waals surface area contributed by atoms with Crippen LogP contribution in [0.2, 0.25) is 0 Å². The van der Waals surface area contributed by atoms with Gasteiger partial charge in [0.05, 0.1) is 6.04 Å². The minimum absolute atomic E-state index is 0.252. The second kappa shape index (κ2) is 8.53. The number of carbonyl (C=O) groups excluding carboxylic acids is 2. The molecule has 1 N–H and O–H groups in total. The number of ether oxygens (including phenoxy) is 3. The van der Waals surface area contributed by atoms with E-state index in [4.69, 9.17) is 14.2 Å². The van der Waals surface area contributed by atoms with Crippen LogP contribution in [0.1, 0.15) is 24.1 Å². The van der Waals surface area contributed by atoms with Crippen molar-refractivity contribution in [3.63, 3.8) is 0 Å². The first-order valence-corrected chi connectivity index (χ1v) is 9.12. The molecule has 6 nitrogen and oxygen atoms in total. The second-order valence-electron chi connectivity index (χ2n) is 5.69. The minimum Gasteiger partial charge on any atom is -0.486 e. The summed E-state index contributed by atoms with van der Waals surface area (Å²) in [7, 11) is 0.